The van der Waals surface area contributed by atoms with Crippen molar-refractivity contribution in [3.63, 3.8) is 0 Å². The molecule has 0 spiro atoms. The third-order valence-corrected chi connectivity index (χ3v) is 6.33. The van der Waals surface area contributed by atoms with Crippen LogP contribution in [-0.2, 0) is 0 Å². The highest BCUT2D eigenvalue weighted by Crippen LogP contribution is 2.46. The number of hydrogen-bond acceptors (Lipinski definition) is 4. The number of hydrogen-bond donors (Lipinski definition) is 1. The average Bonchev–Trinajstić information content (AvgIpc) is 2.69. The van der Waals surface area contributed by atoms with Gasteiger partial charge in [-0.2, -0.15) is 0 Å². The van der Waals surface area contributed by atoms with E-state index >= 15 is 0 Å². The van der Waals surface area contributed by atoms with Gasteiger partial charge in [-0.1, -0.05) is 54.1 Å². The van der Waals surface area contributed by atoms with Crippen LogP contribution in [0, 0.1) is 12.8 Å². The first-order valence-electron chi connectivity index (χ1n) is 8.97. The van der Waals surface area contributed by atoms with Gasteiger partial charge >= 0.3 is 0 Å². The Hall–Kier alpha value is -2.72. The number of fused-ring (bicyclic) bond motifs is 1. The van der Waals surface area contributed by atoms with Crippen molar-refractivity contribution in [2.75, 3.05) is 12.3 Å². The van der Waals surface area contributed by atoms with Gasteiger partial charge < -0.3 is 10.5 Å². The number of carbonyl (C=O) groups is 1. The molecule has 27 heavy (non-hydrogen) atoms. The van der Waals surface area contributed by atoms with E-state index in [4.69, 9.17) is 10.5 Å². The first-order valence-corrected chi connectivity index (χ1v) is 9.85. The van der Waals surface area contributed by atoms with Crippen LogP contribution < -0.4 is 10.5 Å². The van der Waals surface area contributed by atoms with Gasteiger partial charge in [0.2, 0.25) is 0 Å². The maximum absolute atomic E-state index is 13.2. The van der Waals surface area contributed by atoms with E-state index in [-0.39, 0.29) is 17.0 Å². The van der Waals surface area contributed by atoms with E-state index < -0.39 is 0 Å². The van der Waals surface area contributed by atoms with Crippen molar-refractivity contribution in [2.24, 2.45) is 5.92 Å². The predicted molar refractivity (Wildman–Crippen MR) is 110 cm³/mol. The van der Waals surface area contributed by atoms with E-state index in [0.717, 1.165) is 16.1 Å². The SMILES string of the molecule is Cc1ccc([C@H](Sc2ccccc2N)[C@H]2COc3ccccc3C2=O)cc1. The van der Waals surface area contributed by atoms with E-state index in [2.05, 4.69) is 31.2 Å². The lowest BCUT2D eigenvalue weighted by molar-refractivity contribution is 0.0827. The minimum atomic E-state index is -0.271. The standard InChI is InChI=1S/C23H21NO2S/c1-15-10-12-16(13-11-15)23(27-21-9-5-3-7-19(21)24)18-14-26-20-8-4-2-6-17(20)22(18)25/h2-13,18,23H,14,24H2,1H3/t18-,23-/m0/s1. The van der Waals surface area contributed by atoms with Crippen LogP contribution in [-0.4, -0.2) is 12.4 Å². The van der Waals surface area contributed by atoms with Crippen LogP contribution in [0.3, 0.4) is 0 Å². The second-order valence-electron chi connectivity index (χ2n) is 6.76. The Kier molecular flexibility index (Phi) is 4.90. The molecule has 2 atom stereocenters. The molecule has 4 rings (SSSR count). The molecule has 0 bridgehead atoms. The maximum atomic E-state index is 13.2. The van der Waals surface area contributed by atoms with Gasteiger partial charge in [-0.25, -0.2) is 0 Å². The van der Waals surface area contributed by atoms with Crippen molar-refractivity contribution in [1.29, 1.82) is 0 Å². The number of ketones is 1. The van der Waals surface area contributed by atoms with E-state index in [9.17, 15) is 4.79 Å². The van der Waals surface area contributed by atoms with Crippen LogP contribution in [0.4, 0.5) is 5.69 Å². The number of carbonyl (C=O) groups excluding carboxylic acids is 1. The molecular formula is C23H21NO2S. The molecule has 3 aromatic carbocycles. The fourth-order valence-electron chi connectivity index (χ4n) is 3.34. The zero-order chi connectivity index (χ0) is 18.8. The third kappa shape index (κ3) is 3.58. The predicted octanol–water partition coefficient (Wildman–Crippen LogP) is 5.30. The molecule has 3 nitrogen and oxygen atoms in total. The Morgan fingerprint density at radius 3 is 2.48 bits per heavy atom. The summed E-state index contributed by atoms with van der Waals surface area (Å²) >= 11 is 1.63. The number of nitrogen functional groups attached to an aromatic ring is 1. The molecule has 136 valence electrons. The van der Waals surface area contributed by atoms with Gasteiger partial charge in [0.05, 0.1) is 18.1 Å². The molecule has 0 radical (unpaired) electrons. The van der Waals surface area contributed by atoms with Crippen LogP contribution in [0.1, 0.15) is 26.7 Å². The highest BCUT2D eigenvalue weighted by molar-refractivity contribution is 7.99. The number of aryl methyl sites for hydroxylation is 1. The number of Topliss-reactive ketones (excluding diaryl/α,β-unsaturated/α-hetero) is 1. The second-order valence-corrected chi connectivity index (χ2v) is 7.95. The van der Waals surface area contributed by atoms with Gasteiger partial charge in [-0.3, -0.25) is 4.79 Å². The van der Waals surface area contributed by atoms with Gasteiger partial charge in [0.25, 0.3) is 0 Å². The summed E-state index contributed by atoms with van der Waals surface area (Å²) in [6.45, 7) is 2.43. The maximum Gasteiger partial charge on any atom is 0.174 e. The van der Waals surface area contributed by atoms with E-state index in [1.807, 2.05) is 48.5 Å². The van der Waals surface area contributed by atoms with Gasteiger partial charge in [-0.05, 0) is 36.8 Å². The van der Waals surface area contributed by atoms with Crippen molar-refractivity contribution in [2.45, 2.75) is 17.1 Å². The lowest BCUT2D eigenvalue weighted by Crippen LogP contribution is -2.31. The van der Waals surface area contributed by atoms with Crippen LogP contribution in [0.25, 0.3) is 0 Å². The summed E-state index contributed by atoms with van der Waals surface area (Å²) < 4.78 is 5.94. The molecule has 4 heteroatoms. The minimum absolute atomic E-state index is 0.0730. The molecule has 1 aliphatic rings. The molecule has 2 N–H and O–H groups in total. The Balaban J connectivity index is 1.73. The zero-order valence-electron chi connectivity index (χ0n) is 15.1. The van der Waals surface area contributed by atoms with Gasteiger partial charge in [0.1, 0.15) is 5.75 Å². The minimum Gasteiger partial charge on any atom is -0.492 e. The number of ether oxygens (including phenoxy) is 1. The van der Waals surface area contributed by atoms with Gasteiger partial charge in [0.15, 0.2) is 5.78 Å². The Morgan fingerprint density at radius 2 is 1.70 bits per heavy atom. The molecule has 3 aromatic rings. The lowest BCUT2D eigenvalue weighted by Gasteiger charge is -2.30. The fourth-order valence-corrected chi connectivity index (χ4v) is 4.63. The Morgan fingerprint density at radius 1 is 1.00 bits per heavy atom. The molecule has 0 saturated carbocycles. The fraction of sp³-hybridized carbons (Fsp3) is 0.174. The van der Waals surface area contributed by atoms with Crippen LogP contribution >= 0.6 is 11.8 Å². The number of thioether (sulfide) groups is 1. The molecule has 0 unspecified atom stereocenters. The highest BCUT2D eigenvalue weighted by Gasteiger charge is 2.36. The number of anilines is 1. The summed E-state index contributed by atoms with van der Waals surface area (Å²) in [5, 5.41) is -0.0730. The van der Waals surface area contributed by atoms with Crippen LogP contribution in [0.2, 0.25) is 0 Å². The third-order valence-electron chi connectivity index (χ3n) is 4.85. The van der Waals surface area contributed by atoms with Crippen LogP contribution in [0.5, 0.6) is 5.75 Å². The number of para-hydroxylation sites is 2. The molecule has 0 saturated heterocycles. The van der Waals surface area contributed by atoms with Gasteiger partial charge in [0, 0.05) is 15.8 Å². The molecule has 1 aliphatic heterocycles. The quantitative estimate of drug-likeness (QED) is 0.496. The topological polar surface area (TPSA) is 52.3 Å². The lowest BCUT2D eigenvalue weighted by atomic mass is 9.89. The molecule has 0 fully saturated rings. The van der Waals surface area contributed by atoms with Gasteiger partial charge in [-0.15, -0.1) is 11.8 Å². The van der Waals surface area contributed by atoms with E-state index in [0.29, 0.717) is 17.9 Å². The van der Waals surface area contributed by atoms with E-state index in [1.165, 1.54) is 5.56 Å². The molecule has 1 heterocycles. The summed E-state index contributed by atoms with van der Waals surface area (Å²) in [6, 6.07) is 23.6. The van der Waals surface area contributed by atoms with Crippen molar-refractivity contribution in [3.8, 4) is 5.75 Å². The van der Waals surface area contributed by atoms with Crippen LogP contribution in [0.15, 0.2) is 77.7 Å². The Labute approximate surface area is 163 Å². The normalized spacial score (nSPS) is 17.1. The monoisotopic (exact) mass is 375 g/mol. The number of nitrogens with two attached hydrogens (primary N) is 1. The van der Waals surface area contributed by atoms with Crippen molar-refractivity contribution in [3.05, 3.63) is 89.5 Å². The van der Waals surface area contributed by atoms with Crippen molar-refractivity contribution < 1.29 is 9.53 Å². The summed E-state index contributed by atoms with van der Waals surface area (Å²) in [7, 11) is 0. The first kappa shape index (κ1) is 17.7. The molecular weight excluding hydrogens is 354 g/mol. The van der Waals surface area contributed by atoms with E-state index in [1.54, 1.807) is 11.8 Å². The summed E-state index contributed by atoms with van der Waals surface area (Å²) in [4.78, 5) is 14.2. The average molecular weight is 375 g/mol. The smallest absolute Gasteiger partial charge is 0.174 e. The summed E-state index contributed by atoms with van der Waals surface area (Å²) in [5.41, 5.74) is 9.86. The number of rotatable bonds is 4. The summed E-state index contributed by atoms with van der Waals surface area (Å²) in [6.07, 6.45) is 0. The Bertz CT molecular complexity index is 968. The zero-order valence-corrected chi connectivity index (χ0v) is 15.9. The molecule has 0 aromatic heterocycles. The molecule has 0 aliphatic carbocycles. The highest BCUT2D eigenvalue weighted by atomic mass is 32.2. The summed E-state index contributed by atoms with van der Waals surface area (Å²) in [5.74, 6) is 0.530. The first-order chi connectivity index (χ1) is 13.1. The second kappa shape index (κ2) is 7.49. The van der Waals surface area contributed by atoms with Crippen molar-refractivity contribution >= 4 is 23.2 Å². The van der Waals surface area contributed by atoms with Crippen molar-refractivity contribution in [1.82, 2.24) is 0 Å². The largest absolute Gasteiger partial charge is 0.492 e. The molecule has 0 amide bonds. The number of benzene rings is 3.